The summed E-state index contributed by atoms with van der Waals surface area (Å²) in [4.78, 5) is 25.5. The number of aromatic carboxylic acids is 1. The normalized spacial score (nSPS) is 16.2. The Morgan fingerprint density at radius 1 is 1.33 bits per heavy atom. The zero-order valence-corrected chi connectivity index (χ0v) is 14.1. The molecule has 0 aliphatic carbocycles. The number of aryl methyl sites for hydroxylation is 1. The summed E-state index contributed by atoms with van der Waals surface area (Å²) in [5.74, 6) is -1.97. The van der Waals surface area contributed by atoms with Crippen LogP contribution in [0.2, 0.25) is 0 Å². The number of thioether (sulfide) groups is 1. The monoisotopic (exact) mass is 360 g/mol. The van der Waals surface area contributed by atoms with Gasteiger partial charge in [-0.2, -0.15) is 0 Å². The van der Waals surface area contributed by atoms with Crippen LogP contribution in [0.15, 0.2) is 41.4 Å². The molecule has 122 valence electrons. The van der Waals surface area contributed by atoms with Crippen LogP contribution in [-0.4, -0.2) is 31.0 Å². The topological polar surface area (TPSA) is 82.8 Å². The minimum atomic E-state index is -1.28. The van der Waals surface area contributed by atoms with Gasteiger partial charge in [-0.25, -0.2) is 4.79 Å². The molecule has 0 spiro atoms. The van der Waals surface area contributed by atoms with Gasteiger partial charge >= 0.3 is 5.97 Å². The van der Waals surface area contributed by atoms with Crippen LogP contribution in [0.5, 0.6) is 5.75 Å². The molecule has 0 saturated carbocycles. The fraction of sp³-hybridized carbons (Fsp3) is 0.0625. The van der Waals surface area contributed by atoms with Crippen molar-refractivity contribution in [2.24, 2.45) is 7.05 Å². The summed E-state index contributed by atoms with van der Waals surface area (Å²) in [5, 5.41) is 18.7. The van der Waals surface area contributed by atoms with Gasteiger partial charge in [0.1, 0.15) is 11.3 Å². The molecule has 0 radical (unpaired) electrons. The number of carbonyl (C=O) groups excluding carboxylic acids is 1. The number of anilines is 1. The molecule has 1 saturated heterocycles. The second-order valence-corrected chi connectivity index (χ2v) is 6.74. The van der Waals surface area contributed by atoms with E-state index >= 15 is 0 Å². The predicted octanol–water partition coefficient (Wildman–Crippen LogP) is 2.83. The van der Waals surface area contributed by atoms with Crippen molar-refractivity contribution in [1.29, 1.82) is 0 Å². The fourth-order valence-electron chi connectivity index (χ4n) is 2.28. The summed E-state index contributed by atoms with van der Waals surface area (Å²) in [5.41, 5.74) is 0.878. The summed E-state index contributed by atoms with van der Waals surface area (Å²) in [7, 11) is 1.87. The zero-order valence-electron chi connectivity index (χ0n) is 12.5. The largest absolute Gasteiger partial charge is 0.507 e. The van der Waals surface area contributed by atoms with Crippen molar-refractivity contribution in [1.82, 2.24) is 4.57 Å². The number of carboxylic acids is 1. The Balaban J connectivity index is 1.99. The van der Waals surface area contributed by atoms with E-state index in [1.165, 1.54) is 23.1 Å². The molecule has 1 amide bonds. The van der Waals surface area contributed by atoms with E-state index in [9.17, 15) is 14.7 Å². The molecule has 0 bridgehead atoms. The lowest BCUT2D eigenvalue weighted by Gasteiger charge is -2.15. The van der Waals surface area contributed by atoms with Gasteiger partial charge in [-0.15, -0.1) is 0 Å². The van der Waals surface area contributed by atoms with Gasteiger partial charge in [-0.3, -0.25) is 9.69 Å². The van der Waals surface area contributed by atoms with Crippen molar-refractivity contribution >= 4 is 51.9 Å². The van der Waals surface area contributed by atoms with E-state index in [4.69, 9.17) is 17.3 Å². The first kappa shape index (κ1) is 16.3. The highest BCUT2D eigenvalue weighted by atomic mass is 32.2. The average Bonchev–Trinajstić information content (AvgIpc) is 3.04. The van der Waals surface area contributed by atoms with Crippen LogP contribution in [0.25, 0.3) is 6.08 Å². The number of phenols is 1. The number of nitrogens with zero attached hydrogens (tertiary/aromatic N) is 2. The number of aromatic hydroxyl groups is 1. The van der Waals surface area contributed by atoms with E-state index in [1.54, 1.807) is 6.08 Å². The molecule has 1 aliphatic rings. The maximum atomic E-state index is 12.7. The van der Waals surface area contributed by atoms with Crippen molar-refractivity contribution < 1.29 is 19.8 Å². The molecule has 0 unspecified atom stereocenters. The molecule has 1 fully saturated rings. The highest BCUT2D eigenvalue weighted by Crippen LogP contribution is 2.37. The van der Waals surface area contributed by atoms with Gasteiger partial charge in [-0.1, -0.05) is 24.0 Å². The molecular weight excluding hydrogens is 348 g/mol. The van der Waals surface area contributed by atoms with Crippen LogP contribution < -0.4 is 4.90 Å². The average molecular weight is 360 g/mol. The zero-order chi connectivity index (χ0) is 17.4. The van der Waals surface area contributed by atoms with Crippen LogP contribution >= 0.6 is 24.0 Å². The van der Waals surface area contributed by atoms with Crippen molar-refractivity contribution in [3.8, 4) is 5.75 Å². The van der Waals surface area contributed by atoms with Gasteiger partial charge < -0.3 is 14.8 Å². The number of amides is 1. The minimum Gasteiger partial charge on any atom is -0.507 e. The third-order valence-electron chi connectivity index (χ3n) is 3.53. The van der Waals surface area contributed by atoms with Crippen molar-refractivity contribution in [3.05, 3.63) is 52.7 Å². The van der Waals surface area contributed by atoms with E-state index in [2.05, 4.69) is 0 Å². The molecule has 2 aromatic rings. The summed E-state index contributed by atoms with van der Waals surface area (Å²) >= 11 is 6.41. The third-order valence-corrected chi connectivity index (χ3v) is 4.83. The number of hydrogen-bond donors (Lipinski definition) is 2. The maximum Gasteiger partial charge on any atom is 0.339 e. The smallest absolute Gasteiger partial charge is 0.339 e. The third kappa shape index (κ3) is 2.81. The summed E-state index contributed by atoms with van der Waals surface area (Å²) in [6.45, 7) is 0. The lowest BCUT2D eigenvalue weighted by molar-refractivity contribution is -0.113. The molecule has 1 aliphatic heterocycles. The van der Waals surface area contributed by atoms with Crippen LogP contribution in [0, 0.1) is 0 Å². The number of benzene rings is 1. The maximum absolute atomic E-state index is 12.7. The molecule has 3 rings (SSSR count). The van der Waals surface area contributed by atoms with Gasteiger partial charge in [0, 0.05) is 18.9 Å². The van der Waals surface area contributed by atoms with Crippen LogP contribution in [-0.2, 0) is 11.8 Å². The summed E-state index contributed by atoms with van der Waals surface area (Å²) < 4.78 is 2.18. The molecule has 2 heterocycles. The standard InChI is InChI=1S/C16H12N2O4S2/c1-17-6-2-3-9(17)8-13-14(20)18(16(23)24-13)10-4-5-12(19)11(7-10)15(21)22/h2-8,19H,1H3,(H,21,22). The van der Waals surface area contributed by atoms with Crippen molar-refractivity contribution in [2.75, 3.05) is 4.90 Å². The van der Waals surface area contributed by atoms with Crippen LogP contribution in [0.4, 0.5) is 5.69 Å². The van der Waals surface area contributed by atoms with Crippen LogP contribution in [0.3, 0.4) is 0 Å². The molecule has 2 N–H and O–H groups in total. The molecule has 24 heavy (non-hydrogen) atoms. The van der Waals surface area contributed by atoms with Crippen molar-refractivity contribution in [3.63, 3.8) is 0 Å². The Hall–Kier alpha value is -2.58. The Morgan fingerprint density at radius 3 is 2.71 bits per heavy atom. The lowest BCUT2D eigenvalue weighted by atomic mass is 10.1. The first-order chi connectivity index (χ1) is 11.4. The summed E-state index contributed by atoms with van der Waals surface area (Å²) in [6, 6.07) is 7.66. The first-order valence-corrected chi connectivity index (χ1v) is 8.06. The lowest BCUT2D eigenvalue weighted by Crippen LogP contribution is -2.27. The SMILES string of the molecule is Cn1cccc1C=C1SC(=S)N(c2ccc(O)c(C(=O)O)c2)C1=O. The highest BCUT2D eigenvalue weighted by Gasteiger charge is 2.34. The molecule has 6 nitrogen and oxygen atoms in total. The van der Waals surface area contributed by atoms with E-state index < -0.39 is 5.97 Å². The van der Waals surface area contributed by atoms with Gasteiger partial charge in [-0.05, 0) is 36.4 Å². The summed E-state index contributed by atoms with van der Waals surface area (Å²) in [6.07, 6.45) is 3.60. The molecule has 1 aromatic heterocycles. The Morgan fingerprint density at radius 2 is 2.08 bits per heavy atom. The second kappa shape index (κ2) is 6.14. The minimum absolute atomic E-state index is 0.284. The number of aromatic nitrogens is 1. The van der Waals surface area contributed by atoms with E-state index in [1.807, 2.05) is 29.9 Å². The predicted molar refractivity (Wildman–Crippen MR) is 96.1 cm³/mol. The number of carboxylic acid groups (broad SMARTS) is 1. The second-order valence-electron chi connectivity index (χ2n) is 5.07. The number of carbonyl (C=O) groups is 2. The quantitative estimate of drug-likeness (QED) is 0.647. The van der Waals surface area contributed by atoms with E-state index in [0.717, 1.165) is 17.5 Å². The Kier molecular flexibility index (Phi) is 4.16. The van der Waals surface area contributed by atoms with E-state index in [0.29, 0.717) is 14.9 Å². The van der Waals surface area contributed by atoms with Crippen LogP contribution in [0.1, 0.15) is 16.1 Å². The van der Waals surface area contributed by atoms with Gasteiger partial charge in [0.15, 0.2) is 4.32 Å². The molecular formula is C16H12N2O4S2. The van der Waals surface area contributed by atoms with Gasteiger partial charge in [0.2, 0.25) is 0 Å². The number of rotatable bonds is 3. The number of hydrogen-bond acceptors (Lipinski definition) is 5. The van der Waals surface area contributed by atoms with Gasteiger partial charge in [0.05, 0.1) is 10.6 Å². The van der Waals surface area contributed by atoms with Crippen molar-refractivity contribution in [2.45, 2.75) is 0 Å². The molecule has 0 atom stereocenters. The Bertz CT molecular complexity index is 901. The first-order valence-electron chi connectivity index (χ1n) is 6.84. The molecule has 1 aromatic carbocycles. The highest BCUT2D eigenvalue weighted by molar-refractivity contribution is 8.27. The van der Waals surface area contributed by atoms with E-state index in [-0.39, 0.29) is 17.2 Å². The van der Waals surface area contributed by atoms with Gasteiger partial charge in [0.25, 0.3) is 5.91 Å². The fourth-order valence-corrected chi connectivity index (χ4v) is 3.57. The Labute approximate surface area is 147 Å². The number of thiocarbonyl (C=S) groups is 1. The molecule has 8 heteroatoms.